The van der Waals surface area contributed by atoms with E-state index in [4.69, 9.17) is 8.83 Å². The molecule has 0 amide bonds. The molecule has 0 aliphatic heterocycles. The van der Waals surface area contributed by atoms with Gasteiger partial charge in [-0.3, -0.25) is 0 Å². The van der Waals surface area contributed by atoms with Gasteiger partial charge < -0.3 is 8.83 Å². The highest BCUT2D eigenvalue weighted by Gasteiger charge is 2.23. The van der Waals surface area contributed by atoms with Gasteiger partial charge in [-0.25, -0.2) is 9.55 Å². The van der Waals surface area contributed by atoms with Crippen LogP contribution in [0.15, 0.2) is 39.4 Å². The Balaban J connectivity index is 2.15. The Morgan fingerprint density at radius 1 is 1.14 bits per heavy atom. The van der Waals surface area contributed by atoms with Gasteiger partial charge in [-0.2, -0.15) is 0 Å². The molecule has 4 rings (SSSR count). The van der Waals surface area contributed by atoms with Crippen molar-refractivity contribution in [3.8, 4) is 11.4 Å². The molecule has 0 atom stereocenters. The first kappa shape index (κ1) is 12.1. The molecule has 3 aromatic heterocycles. The minimum atomic E-state index is 0.466. The summed E-state index contributed by atoms with van der Waals surface area (Å²) in [6.07, 6.45) is 3.75. The van der Waals surface area contributed by atoms with E-state index < -0.39 is 0 Å². The SMILES string of the molecule is Cc1nc2c(o1)oc1c(-c3nccc[n+]3C)c(C)ccc12. The maximum absolute atomic E-state index is 5.91. The molecule has 0 unspecified atom stereocenters. The third-order valence-electron chi connectivity index (χ3n) is 3.67. The van der Waals surface area contributed by atoms with Gasteiger partial charge >= 0.3 is 11.6 Å². The van der Waals surface area contributed by atoms with Crippen LogP contribution < -0.4 is 4.57 Å². The average Bonchev–Trinajstić information content (AvgIpc) is 2.96. The van der Waals surface area contributed by atoms with Gasteiger partial charge in [0.25, 0.3) is 0 Å². The maximum atomic E-state index is 5.91. The predicted octanol–water partition coefficient (Wildman–Crippen LogP) is 3.08. The second kappa shape index (κ2) is 4.15. The van der Waals surface area contributed by atoms with Crippen LogP contribution in [0.3, 0.4) is 0 Å². The number of nitrogens with zero attached hydrogens (tertiary/aromatic N) is 3. The van der Waals surface area contributed by atoms with Gasteiger partial charge in [-0.05, 0) is 23.5 Å². The summed E-state index contributed by atoms with van der Waals surface area (Å²) in [5.74, 6) is 1.93. The summed E-state index contributed by atoms with van der Waals surface area (Å²) < 4.78 is 13.4. The Bertz CT molecular complexity index is 982. The minimum Gasteiger partial charge on any atom is -0.423 e. The Morgan fingerprint density at radius 3 is 2.81 bits per heavy atom. The molecule has 5 nitrogen and oxygen atoms in total. The van der Waals surface area contributed by atoms with Crippen molar-refractivity contribution in [1.82, 2.24) is 9.97 Å². The zero-order valence-corrected chi connectivity index (χ0v) is 12.0. The third-order valence-corrected chi connectivity index (χ3v) is 3.67. The lowest BCUT2D eigenvalue weighted by Crippen LogP contribution is -2.31. The number of furan rings is 1. The van der Waals surface area contributed by atoms with Crippen LogP contribution in [0, 0.1) is 13.8 Å². The van der Waals surface area contributed by atoms with Gasteiger partial charge in [0.1, 0.15) is 11.8 Å². The zero-order chi connectivity index (χ0) is 14.6. The van der Waals surface area contributed by atoms with E-state index in [1.165, 1.54) is 0 Å². The molecule has 0 aliphatic rings. The number of hydrogen-bond donors (Lipinski definition) is 0. The van der Waals surface area contributed by atoms with Crippen LogP contribution in [-0.2, 0) is 7.05 Å². The Labute approximate surface area is 120 Å². The molecule has 0 saturated heterocycles. The fourth-order valence-electron chi connectivity index (χ4n) is 2.68. The van der Waals surface area contributed by atoms with E-state index in [1.807, 2.05) is 43.8 Å². The molecule has 1 aromatic carbocycles. The van der Waals surface area contributed by atoms with Crippen molar-refractivity contribution in [3.05, 3.63) is 42.0 Å². The zero-order valence-electron chi connectivity index (χ0n) is 12.0. The number of fused-ring (bicyclic) bond motifs is 3. The Hall–Kier alpha value is -2.69. The number of aromatic nitrogens is 3. The van der Waals surface area contributed by atoms with E-state index in [-0.39, 0.29) is 0 Å². The molecule has 0 fully saturated rings. The van der Waals surface area contributed by atoms with Crippen molar-refractivity contribution < 1.29 is 13.4 Å². The van der Waals surface area contributed by atoms with Crippen LogP contribution in [-0.4, -0.2) is 9.97 Å². The first-order valence-corrected chi connectivity index (χ1v) is 6.75. The van der Waals surface area contributed by atoms with Gasteiger partial charge in [-0.15, -0.1) is 0 Å². The van der Waals surface area contributed by atoms with Crippen molar-refractivity contribution in [3.63, 3.8) is 0 Å². The van der Waals surface area contributed by atoms with Gasteiger partial charge in [0.05, 0.1) is 18.6 Å². The predicted molar refractivity (Wildman–Crippen MR) is 77.7 cm³/mol. The van der Waals surface area contributed by atoms with Gasteiger partial charge in [-0.1, -0.05) is 6.07 Å². The monoisotopic (exact) mass is 280 g/mol. The normalized spacial score (nSPS) is 11.6. The number of oxazole rings is 1. The molecule has 4 aromatic rings. The van der Waals surface area contributed by atoms with E-state index >= 15 is 0 Å². The summed E-state index contributed by atoms with van der Waals surface area (Å²) in [5, 5.41) is 0.952. The number of rotatable bonds is 1. The third kappa shape index (κ3) is 1.67. The van der Waals surface area contributed by atoms with Crippen LogP contribution in [0.5, 0.6) is 0 Å². The maximum Gasteiger partial charge on any atom is 0.334 e. The molecule has 0 radical (unpaired) electrons. The quantitative estimate of drug-likeness (QED) is 0.503. The lowest BCUT2D eigenvalue weighted by molar-refractivity contribution is -0.663. The summed E-state index contributed by atoms with van der Waals surface area (Å²) in [6, 6.07) is 5.98. The fraction of sp³-hybridized carbons (Fsp3) is 0.188. The largest absolute Gasteiger partial charge is 0.423 e. The van der Waals surface area contributed by atoms with Crippen LogP contribution in [0.2, 0.25) is 0 Å². The molecule has 104 valence electrons. The molecule has 0 N–H and O–H groups in total. The van der Waals surface area contributed by atoms with Crippen LogP contribution in [0.25, 0.3) is 33.7 Å². The van der Waals surface area contributed by atoms with Crippen molar-refractivity contribution in [2.24, 2.45) is 7.05 Å². The lowest BCUT2D eigenvalue weighted by Gasteiger charge is -2.03. The summed E-state index contributed by atoms with van der Waals surface area (Å²) in [7, 11) is 1.97. The summed E-state index contributed by atoms with van der Waals surface area (Å²) in [6.45, 7) is 3.86. The smallest absolute Gasteiger partial charge is 0.334 e. The lowest BCUT2D eigenvalue weighted by atomic mass is 10.0. The Morgan fingerprint density at radius 2 is 2.00 bits per heavy atom. The summed E-state index contributed by atoms with van der Waals surface area (Å²) >= 11 is 0. The molecule has 0 spiro atoms. The molecular formula is C16H14N3O2+. The van der Waals surface area contributed by atoms with E-state index in [2.05, 4.69) is 16.0 Å². The highest BCUT2D eigenvalue weighted by Crippen LogP contribution is 2.36. The highest BCUT2D eigenvalue weighted by atomic mass is 16.5. The van der Waals surface area contributed by atoms with Gasteiger partial charge in [0.2, 0.25) is 0 Å². The number of hydrogen-bond acceptors (Lipinski definition) is 4. The van der Waals surface area contributed by atoms with E-state index in [0.29, 0.717) is 11.7 Å². The van der Waals surface area contributed by atoms with Crippen LogP contribution in [0.4, 0.5) is 0 Å². The molecule has 0 saturated carbocycles. The standard InChI is InChI=1S/C16H14N3O2/c1-9-5-6-11-13-16(20-10(2)18-13)21-14(11)12(9)15-17-7-4-8-19(15)3/h4-8H,1-3H3/q+1. The van der Waals surface area contributed by atoms with E-state index in [1.54, 1.807) is 6.20 Å². The first-order chi connectivity index (χ1) is 10.1. The molecule has 3 heterocycles. The average molecular weight is 280 g/mol. The van der Waals surface area contributed by atoms with Crippen molar-refractivity contribution in [2.45, 2.75) is 13.8 Å². The van der Waals surface area contributed by atoms with Crippen molar-refractivity contribution in [2.75, 3.05) is 0 Å². The Kier molecular flexibility index (Phi) is 2.39. The van der Waals surface area contributed by atoms with Gasteiger partial charge in [0, 0.05) is 13.0 Å². The highest BCUT2D eigenvalue weighted by molar-refractivity contribution is 6.06. The number of aryl methyl sites for hydroxylation is 3. The van der Waals surface area contributed by atoms with Gasteiger partial charge in [0.15, 0.2) is 17.0 Å². The van der Waals surface area contributed by atoms with Crippen LogP contribution in [0.1, 0.15) is 11.5 Å². The summed E-state index contributed by atoms with van der Waals surface area (Å²) in [5.41, 5.74) is 3.61. The fourth-order valence-corrected chi connectivity index (χ4v) is 2.68. The molecule has 0 bridgehead atoms. The topological polar surface area (TPSA) is 55.9 Å². The molecular weight excluding hydrogens is 266 g/mol. The first-order valence-electron chi connectivity index (χ1n) is 6.75. The van der Waals surface area contributed by atoms with Crippen molar-refractivity contribution in [1.29, 1.82) is 0 Å². The van der Waals surface area contributed by atoms with E-state index in [0.717, 1.165) is 33.4 Å². The van der Waals surface area contributed by atoms with Crippen molar-refractivity contribution >= 4 is 22.3 Å². The number of benzene rings is 1. The minimum absolute atomic E-state index is 0.466. The van der Waals surface area contributed by atoms with E-state index in [9.17, 15) is 0 Å². The van der Waals surface area contributed by atoms with Crippen LogP contribution >= 0.6 is 0 Å². The molecule has 0 aliphatic carbocycles. The summed E-state index contributed by atoms with van der Waals surface area (Å²) in [4.78, 5) is 8.88. The second-order valence-electron chi connectivity index (χ2n) is 5.16. The molecule has 21 heavy (non-hydrogen) atoms. The second-order valence-corrected chi connectivity index (χ2v) is 5.16. The molecule has 5 heteroatoms.